The Morgan fingerprint density at radius 3 is 2.93 bits per heavy atom. The van der Waals surface area contributed by atoms with Crippen LogP contribution in [0.1, 0.15) is 31.6 Å². The average molecular weight is 426 g/mol. The molecule has 8 heteroatoms. The van der Waals surface area contributed by atoms with Crippen LogP contribution in [0.5, 0.6) is 0 Å². The van der Waals surface area contributed by atoms with Crippen molar-refractivity contribution >= 4 is 44.8 Å². The Bertz CT molecular complexity index is 1190. The van der Waals surface area contributed by atoms with Crippen LogP contribution in [0.3, 0.4) is 0 Å². The van der Waals surface area contributed by atoms with Crippen LogP contribution in [-0.2, 0) is 0 Å². The highest BCUT2D eigenvalue weighted by Gasteiger charge is 2.26. The lowest BCUT2D eigenvalue weighted by atomic mass is 10.1. The zero-order chi connectivity index (χ0) is 20.5. The molecule has 0 saturated carbocycles. The zero-order valence-electron chi connectivity index (χ0n) is 15.4. The number of furan rings is 1. The molecule has 0 bridgehead atoms. The summed E-state index contributed by atoms with van der Waals surface area (Å²) < 4.78 is 6.20. The van der Waals surface area contributed by atoms with Gasteiger partial charge in [-0.3, -0.25) is 9.59 Å². The first-order valence-corrected chi connectivity index (χ1v) is 10.1. The molecule has 2 aromatic heterocycles. The fourth-order valence-corrected chi connectivity index (χ4v) is 4.56. The first-order chi connectivity index (χ1) is 14.0. The summed E-state index contributed by atoms with van der Waals surface area (Å²) in [5.74, 6) is 0.0676. The van der Waals surface area contributed by atoms with Crippen molar-refractivity contribution in [3.05, 3.63) is 69.5 Å². The summed E-state index contributed by atoms with van der Waals surface area (Å²) in [4.78, 5) is 27.7. The van der Waals surface area contributed by atoms with Crippen LogP contribution in [0.25, 0.3) is 10.1 Å². The highest BCUT2D eigenvalue weighted by atomic mass is 35.5. The average Bonchev–Trinajstić information content (AvgIpc) is 3.32. The van der Waals surface area contributed by atoms with E-state index in [1.54, 1.807) is 24.0 Å². The van der Waals surface area contributed by atoms with Gasteiger partial charge < -0.3 is 14.6 Å². The predicted octanol–water partition coefficient (Wildman–Crippen LogP) is 4.14. The summed E-state index contributed by atoms with van der Waals surface area (Å²) in [6.07, 6.45) is 3.72. The first-order valence-electron chi connectivity index (χ1n) is 8.91. The Morgan fingerprint density at radius 2 is 2.21 bits per heavy atom. The van der Waals surface area contributed by atoms with Crippen molar-refractivity contribution in [3.8, 4) is 6.07 Å². The molecule has 3 aromatic rings. The van der Waals surface area contributed by atoms with E-state index in [1.165, 1.54) is 17.4 Å². The van der Waals surface area contributed by atoms with E-state index < -0.39 is 0 Å². The van der Waals surface area contributed by atoms with Crippen LogP contribution in [0.15, 0.2) is 46.9 Å². The van der Waals surface area contributed by atoms with E-state index in [0.717, 1.165) is 10.1 Å². The van der Waals surface area contributed by atoms with Gasteiger partial charge in [0.15, 0.2) is 0 Å². The molecule has 146 valence electrons. The van der Waals surface area contributed by atoms with Gasteiger partial charge in [0.2, 0.25) is 5.76 Å². The quantitative estimate of drug-likeness (QED) is 0.639. The van der Waals surface area contributed by atoms with E-state index in [2.05, 4.69) is 5.32 Å². The van der Waals surface area contributed by atoms with Crippen LogP contribution in [-0.4, -0.2) is 35.8 Å². The third-order valence-corrected chi connectivity index (χ3v) is 6.13. The molecule has 0 saturated heterocycles. The van der Waals surface area contributed by atoms with Gasteiger partial charge in [-0.05, 0) is 25.1 Å². The summed E-state index contributed by atoms with van der Waals surface area (Å²) in [5, 5.41) is 13.4. The molecule has 1 aliphatic rings. The molecular formula is C21H16ClN3O3S. The van der Waals surface area contributed by atoms with Crippen LogP contribution < -0.4 is 5.32 Å². The van der Waals surface area contributed by atoms with Gasteiger partial charge >= 0.3 is 0 Å². The summed E-state index contributed by atoms with van der Waals surface area (Å²) in [6, 6.07) is 10.4. The van der Waals surface area contributed by atoms with E-state index in [-0.39, 0.29) is 23.6 Å². The summed E-state index contributed by atoms with van der Waals surface area (Å²) in [7, 11) is 0. The summed E-state index contributed by atoms with van der Waals surface area (Å²) >= 11 is 7.57. The molecule has 1 aliphatic heterocycles. The molecule has 1 atom stereocenters. The maximum atomic E-state index is 12.8. The van der Waals surface area contributed by atoms with Crippen molar-refractivity contribution in [1.82, 2.24) is 10.2 Å². The minimum absolute atomic E-state index is 0.103. The number of nitrogens with zero attached hydrogens (tertiary/aromatic N) is 2. The predicted molar refractivity (Wildman–Crippen MR) is 111 cm³/mol. The largest absolute Gasteiger partial charge is 0.450 e. The Hall–Kier alpha value is -3.08. The molecule has 6 nitrogen and oxygen atoms in total. The molecule has 0 spiro atoms. The standard InChI is InChI=1S/C21H16ClN3O3S/c1-12-15(8-14(10-23)28-12)21(27)25-7-3-4-13(11-25)24-20(26)19-9-16-17(22)5-2-6-18(16)29-19/h2-6,8-9,13H,7,11H2,1H3,(H,24,26). The number of fused-ring (bicyclic) bond motifs is 1. The van der Waals surface area contributed by atoms with Crippen LogP contribution in [0.4, 0.5) is 0 Å². The maximum Gasteiger partial charge on any atom is 0.261 e. The van der Waals surface area contributed by atoms with E-state index in [0.29, 0.717) is 34.3 Å². The lowest BCUT2D eigenvalue weighted by molar-refractivity contribution is 0.0743. The van der Waals surface area contributed by atoms with Gasteiger partial charge in [0.1, 0.15) is 11.8 Å². The smallest absolute Gasteiger partial charge is 0.261 e. The van der Waals surface area contributed by atoms with Gasteiger partial charge in [-0.25, -0.2) is 0 Å². The van der Waals surface area contributed by atoms with Crippen molar-refractivity contribution in [3.63, 3.8) is 0 Å². The number of hydrogen-bond acceptors (Lipinski definition) is 5. The van der Waals surface area contributed by atoms with E-state index in [1.807, 2.05) is 30.4 Å². The molecule has 3 heterocycles. The first kappa shape index (κ1) is 19.2. The molecule has 2 amide bonds. The lowest BCUT2D eigenvalue weighted by Crippen LogP contribution is -2.47. The fraction of sp³-hybridized carbons (Fsp3) is 0.190. The number of halogens is 1. The minimum atomic E-state index is -0.316. The molecule has 1 unspecified atom stereocenters. The molecule has 4 rings (SSSR count). The molecule has 1 aromatic carbocycles. The topological polar surface area (TPSA) is 86.3 Å². The highest BCUT2D eigenvalue weighted by molar-refractivity contribution is 7.20. The number of rotatable bonds is 3. The molecule has 1 N–H and O–H groups in total. The fourth-order valence-electron chi connectivity index (χ4n) is 3.28. The SMILES string of the molecule is Cc1oc(C#N)cc1C(=O)N1CC=CC(NC(=O)c2cc3c(Cl)cccc3s2)C1. The molecule has 0 fully saturated rings. The Balaban J connectivity index is 1.47. The third kappa shape index (κ3) is 3.77. The molecule has 0 aliphatic carbocycles. The number of amides is 2. The van der Waals surface area contributed by atoms with E-state index in [4.69, 9.17) is 21.3 Å². The Labute approximate surface area is 176 Å². The van der Waals surface area contributed by atoms with Crippen molar-refractivity contribution in [2.45, 2.75) is 13.0 Å². The summed E-state index contributed by atoms with van der Waals surface area (Å²) in [5.41, 5.74) is 0.362. The monoisotopic (exact) mass is 425 g/mol. The second-order valence-electron chi connectivity index (χ2n) is 6.67. The van der Waals surface area contributed by atoms with Crippen molar-refractivity contribution in [2.75, 3.05) is 13.1 Å². The zero-order valence-corrected chi connectivity index (χ0v) is 17.0. The van der Waals surface area contributed by atoms with Crippen molar-refractivity contribution in [2.24, 2.45) is 0 Å². The van der Waals surface area contributed by atoms with Crippen molar-refractivity contribution in [1.29, 1.82) is 5.26 Å². The van der Waals surface area contributed by atoms with Crippen LogP contribution >= 0.6 is 22.9 Å². The van der Waals surface area contributed by atoms with Gasteiger partial charge in [0, 0.05) is 34.3 Å². The number of nitrogens with one attached hydrogen (secondary N) is 1. The minimum Gasteiger partial charge on any atom is -0.450 e. The Kier molecular flexibility index (Phi) is 5.14. The molecule has 29 heavy (non-hydrogen) atoms. The number of nitriles is 1. The highest BCUT2D eigenvalue weighted by Crippen LogP contribution is 2.31. The van der Waals surface area contributed by atoms with E-state index >= 15 is 0 Å². The lowest BCUT2D eigenvalue weighted by Gasteiger charge is -2.29. The van der Waals surface area contributed by atoms with Crippen molar-refractivity contribution < 1.29 is 14.0 Å². The third-order valence-electron chi connectivity index (χ3n) is 4.71. The van der Waals surface area contributed by atoms with Gasteiger partial charge in [0.05, 0.1) is 16.5 Å². The van der Waals surface area contributed by atoms with Gasteiger partial charge in [-0.1, -0.05) is 29.8 Å². The number of benzene rings is 1. The van der Waals surface area contributed by atoms with Crippen LogP contribution in [0, 0.1) is 18.3 Å². The maximum absolute atomic E-state index is 12.8. The molecular weight excluding hydrogens is 410 g/mol. The number of hydrogen-bond donors (Lipinski definition) is 1. The van der Waals surface area contributed by atoms with Gasteiger partial charge in [-0.15, -0.1) is 11.3 Å². The normalized spacial score (nSPS) is 16.0. The number of thiophene rings is 1. The Morgan fingerprint density at radius 1 is 1.38 bits per heavy atom. The van der Waals surface area contributed by atoms with Crippen LogP contribution in [0.2, 0.25) is 5.02 Å². The van der Waals surface area contributed by atoms with Gasteiger partial charge in [-0.2, -0.15) is 5.26 Å². The summed E-state index contributed by atoms with van der Waals surface area (Å²) in [6.45, 7) is 2.41. The second kappa shape index (κ2) is 7.74. The van der Waals surface area contributed by atoms with E-state index in [9.17, 15) is 9.59 Å². The number of aryl methyl sites for hydroxylation is 1. The number of carbonyl (C=O) groups excluding carboxylic acids is 2. The number of carbonyl (C=O) groups is 2. The molecule has 0 radical (unpaired) electrons. The van der Waals surface area contributed by atoms with Gasteiger partial charge in [0.25, 0.3) is 11.8 Å². The second-order valence-corrected chi connectivity index (χ2v) is 8.16.